The lowest BCUT2D eigenvalue weighted by Crippen LogP contribution is -2.14. The van der Waals surface area contributed by atoms with Crippen molar-refractivity contribution in [2.75, 3.05) is 26.9 Å². The Kier molecular flexibility index (Phi) is 6.47. The molecule has 1 aliphatic heterocycles. The van der Waals surface area contributed by atoms with Crippen LogP contribution in [-0.2, 0) is 20.8 Å². The van der Waals surface area contributed by atoms with E-state index in [9.17, 15) is 0 Å². The fourth-order valence-electron chi connectivity index (χ4n) is 1.91. The molecule has 1 aromatic rings. The van der Waals surface area contributed by atoms with Gasteiger partial charge in [-0.05, 0) is 36.3 Å². The normalized spacial score (nSPS) is 16.8. The molecule has 114 valence electrons. The van der Waals surface area contributed by atoms with Gasteiger partial charge in [0.05, 0.1) is 33.5 Å². The van der Waals surface area contributed by atoms with E-state index < -0.39 is 0 Å². The average Bonchev–Trinajstić information content (AvgIpc) is 2.76. The van der Waals surface area contributed by atoms with Crippen molar-refractivity contribution in [1.29, 1.82) is 0 Å². The molecule has 0 saturated carbocycles. The van der Waals surface area contributed by atoms with Crippen LogP contribution in [0.2, 0.25) is 0 Å². The second kappa shape index (κ2) is 8.62. The lowest BCUT2D eigenvalue weighted by molar-refractivity contribution is -0.0886. The molecule has 0 saturated heterocycles. The fraction of sp³-hybridized carbons (Fsp3) is 0.412. The molecule has 1 heterocycles. The molecule has 0 fully saturated rings. The Hall–Kier alpha value is -1.62. The number of methoxy groups -OCH3 is 1. The van der Waals surface area contributed by atoms with Gasteiger partial charge in [0.1, 0.15) is 5.75 Å². The summed E-state index contributed by atoms with van der Waals surface area (Å²) in [5, 5.41) is 0. The van der Waals surface area contributed by atoms with E-state index in [0.29, 0.717) is 26.4 Å². The van der Waals surface area contributed by atoms with Gasteiger partial charge in [-0.2, -0.15) is 0 Å². The van der Waals surface area contributed by atoms with Crippen LogP contribution in [0.15, 0.2) is 48.1 Å². The molecule has 21 heavy (non-hydrogen) atoms. The predicted octanol–water partition coefficient (Wildman–Crippen LogP) is 3.09. The van der Waals surface area contributed by atoms with Gasteiger partial charge in [0.15, 0.2) is 6.29 Å². The highest BCUT2D eigenvalue weighted by Crippen LogP contribution is 2.12. The summed E-state index contributed by atoms with van der Waals surface area (Å²) >= 11 is 0. The minimum Gasteiger partial charge on any atom is -0.497 e. The zero-order chi connectivity index (χ0) is 14.9. The van der Waals surface area contributed by atoms with Crippen molar-refractivity contribution >= 4 is 0 Å². The first-order valence-electron chi connectivity index (χ1n) is 7.04. The number of ether oxygens (including phenoxy) is 4. The Morgan fingerprint density at radius 1 is 1.19 bits per heavy atom. The Bertz CT molecular complexity index is 466. The van der Waals surface area contributed by atoms with Crippen molar-refractivity contribution in [1.82, 2.24) is 0 Å². The third-order valence-corrected chi connectivity index (χ3v) is 3.06. The van der Waals surface area contributed by atoms with E-state index in [0.717, 1.165) is 16.9 Å². The molecule has 4 nitrogen and oxygen atoms in total. The van der Waals surface area contributed by atoms with Crippen molar-refractivity contribution in [2.24, 2.45) is 0 Å². The largest absolute Gasteiger partial charge is 0.497 e. The molecule has 4 heteroatoms. The van der Waals surface area contributed by atoms with Gasteiger partial charge in [-0.15, -0.1) is 0 Å². The molecular weight excluding hydrogens is 268 g/mol. The number of rotatable bonds is 6. The molecule has 2 rings (SSSR count). The van der Waals surface area contributed by atoms with E-state index in [1.54, 1.807) is 7.11 Å². The third kappa shape index (κ3) is 5.71. The monoisotopic (exact) mass is 290 g/mol. The maximum Gasteiger partial charge on any atom is 0.177 e. The van der Waals surface area contributed by atoms with Gasteiger partial charge in [-0.25, -0.2) is 0 Å². The van der Waals surface area contributed by atoms with Gasteiger partial charge in [0.25, 0.3) is 0 Å². The van der Waals surface area contributed by atoms with Gasteiger partial charge in [0.2, 0.25) is 0 Å². The highest BCUT2D eigenvalue weighted by molar-refractivity contribution is 5.26. The Labute approximate surface area is 126 Å². The molecule has 0 spiro atoms. The molecule has 0 aliphatic carbocycles. The first kappa shape index (κ1) is 15.8. The molecule has 1 aromatic carbocycles. The van der Waals surface area contributed by atoms with E-state index >= 15 is 0 Å². The van der Waals surface area contributed by atoms with Crippen LogP contribution in [0.4, 0.5) is 0 Å². The van der Waals surface area contributed by atoms with Gasteiger partial charge >= 0.3 is 0 Å². The number of benzene rings is 1. The molecule has 0 N–H and O–H groups in total. The second-order valence-electron chi connectivity index (χ2n) is 4.86. The average molecular weight is 290 g/mol. The Balaban J connectivity index is 1.73. The first-order chi connectivity index (χ1) is 10.3. The van der Waals surface area contributed by atoms with Crippen LogP contribution in [0, 0.1) is 0 Å². The van der Waals surface area contributed by atoms with Crippen LogP contribution in [0.3, 0.4) is 0 Å². The van der Waals surface area contributed by atoms with Crippen LogP contribution in [0.1, 0.15) is 12.5 Å². The summed E-state index contributed by atoms with van der Waals surface area (Å²) in [6.45, 7) is 4.31. The van der Waals surface area contributed by atoms with Crippen LogP contribution in [-0.4, -0.2) is 33.2 Å². The van der Waals surface area contributed by atoms with Gasteiger partial charge in [0, 0.05) is 0 Å². The summed E-state index contributed by atoms with van der Waals surface area (Å²) < 4.78 is 21.8. The van der Waals surface area contributed by atoms with Crippen molar-refractivity contribution in [3.05, 3.63) is 53.6 Å². The van der Waals surface area contributed by atoms with Crippen LogP contribution >= 0.6 is 0 Å². The Morgan fingerprint density at radius 3 is 2.48 bits per heavy atom. The van der Waals surface area contributed by atoms with Crippen molar-refractivity contribution in [3.63, 3.8) is 0 Å². The zero-order valence-corrected chi connectivity index (χ0v) is 12.6. The van der Waals surface area contributed by atoms with Crippen LogP contribution in [0.5, 0.6) is 5.75 Å². The predicted molar refractivity (Wildman–Crippen MR) is 81.2 cm³/mol. The quantitative estimate of drug-likeness (QED) is 0.754. The summed E-state index contributed by atoms with van der Waals surface area (Å²) in [4.78, 5) is 0. The molecule has 0 aromatic heterocycles. The second-order valence-corrected chi connectivity index (χ2v) is 4.86. The van der Waals surface area contributed by atoms with E-state index in [1.807, 2.05) is 49.4 Å². The molecule has 0 bridgehead atoms. The maximum absolute atomic E-state index is 5.69. The van der Waals surface area contributed by atoms with Gasteiger partial charge in [-0.1, -0.05) is 24.3 Å². The van der Waals surface area contributed by atoms with Crippen molar-refractivity contribution in [2.45, 2.75) is 19.8 Å². The molecular formula is C17H22O4. The highest BCUT2D eigenvalue weighted by Gasteiger charge is 2.07. The summed E-state index contributed by atoms with van der Waals surface area (Å²) in [5.41, 5.74) is 2.21. The van der Waals surface area contributed by atoms with Crippen molar-refractivity contribution in [3.8, 4) is 5.75 Å². The fourth-order valence-corrected chi connectivity index (χ4v) is 1.91. The summed E-state index contributed by atoms with van der Waals surface area (Å²) in [6, 6.07) is 7.87. The van der Waals surface area contributed by atoms with E-state index in [4.69, 9.17) is 18.9 Å². The summed E-state index contributed by atoms with van der Waals surface area (Å²) in [7, 11) is 1.66. The standard InChI is InChI=1S/C17H22O4/c1-14(11-17-20-9-3-4-10-21-17)12-19-13-15-5-7-16(18-2)8-6-15/h3-8,11,17H,9-10,12-13H2,1-2H3/b14-11+. The maximum atomic E-state index is 5.69. The third-order valence-electron chi connectivity index (χ3n) is 3.06. The lowest BCUT2D eigenvalue weighted by atomic mass is 10.2. The molecule has 1 aliphatic rings. The van der Waals surface area contributed by atoms with Gasteiger partial charge in [-0.3, -0.25) is 0 Å². The SMILES string of the molecule is COc1ccc(COC/C(C)=C/C2OCC=CCO2)cc1. The van der Waals surface area contributed by atoms with Crippen molar-refractivity contribution < 1.29 is 18.9 Å². The molecule has 0 atom stereocenters. The minimum absolute atomic E-state index is 0.287. The smallest absolute Gasteiger partial charge is 0.177 e. The molecule has 0 radical (unpaired) electrons. The minimum atomic E-state index is -0.287. The summed E-state index contributed by atoms with van der Waals surface area (Å²) in [6.07, 6.45) is 5.60. The van der Waals surface area contributed by atoms with Gasteiger partial charge < -0.3 is 18.9 Å². The number of hydrogen-bond donors (Lipinski definition) is 0. The Morgan fingerprint density at radius 2 is 1.86 bits per heavy atom. The van der Waals surface area contributed by atoms with Crippen LogP contribution in [0.25, 0.3) is 0 Å². The zero-order valence-electron chi connectivity index (χ0n) is 12.6. The van der Waals surface area contributed by atoms with Crippen LogP contribution < -0.4 is 4.74 Å². The molecule has 0 amide bonds. The number of hydrogen-bond acceptors (Lipinski definition) is 4. The van der Waals surface area contributed by atoms with E-state index in [2.05, 4.69) is 0 Å². The first-order valence-corrected chi connectivity index (χ1v) is 7.04. The summed E-state index contributed by atoms with van der Waals surface area (Å²) in [5.74, 6) is 0.853. The van der Waals surface area contributed by atoms with E-state index in [1.165, 1.54) is 0 Å². The lowest BCUT2D eigenvalue weighted by Gasteiger charge is -2.13. The van der Waals surface area contributed by atoms with E-state index in [-0.39, 0.29) is 6.29 Å². The highest BCUT2D eigenvalue weighted by atomic mass is 16.7. The topological polar surface area (TPSA) is 36.9 Å². The molecule has 0 unspecified atom stereocenters.